The van der Waals surface area contributed by atoms with Crippen molar-refractivity contribution in [2.75, 3.05) is 32.8 Å². The molecular weight excluding hydrogens is 212 g/mol. The summed E-state index contributed by atoms with van der Waals surface area (Å²) < 4.78 is 5.85. The third kappa shape index (κ3) is 7.02. The van der Waals surface area contributed by atoms with E-state index in [-0.39, 0.29) is 5.54 Å². The van der Waals surface area contributed by atoms with Gasteiger partial charge >= 0.3 is 0 Å². The summed E-state index contributed by atoms with van der Waals surface area (Å²) in [5.74, 6) is 0. The molecule has 1 heterocycles. The Kier molecular flexibility index (Phi) is 6.45. The van der Waals surface area contributed by atoms with Gasteiger partial charge in [0.2, 0.25) is 0 Å². The summed E-state index contributed by atoms with van der Waals surface area (Å²) in [4.78, 5) is 2.53. The molecule has 3 heteroatoms. The summed E-state index contributed by atoms with van der Waals surface area (Å²) in [6.45, 7) is 14.3. The Morgan fingerprint density at radius 1 is 1.35 bits per heavy atom. The van der Waals surface area contributed by atoms with Crippen molar-refractivity contribution in [3.63, 3.8) is 0 Å². The SMILES string of the molecule is CCCOC1CCCN(CCNC(C)(C)C)C1. The molecule has 0 aromatic rings. The zero-order valence-electron chi connectivity index (χ0n) is 12.1. The maximum Gasteiger partial charge on any atom is 0.0702 e. The Hall–Kier alpha value is -0.120. The van der Waals surface area contributed by atoms with E-state index in [1.807, 2.05) is 0 Å². The molecule has 17 heavy (non-hydrogen) atoms. The van der Waals surface area contributed by atoms with Gasteiger partial charge in [0.15, 0.2) is 0 Å². The molecule has 1 unspecified atom stereocenters. The van der Waals surface area contributed by atoms with E-state index in [0.29, 0.717) is 6.10 Å². The Balaban J connectivity index is 2.16. The third-order valence-corrected chi connectivity index (χ3v) is 3.10. The van der Waals surface area contributed by atoms with Gasteiger partial charge in [-0.15, -0.1) is 0 Å². The first-order chi connectivity index (χ1) is 8.01. The molecule has 0 bridgehead atoms. The van der Waals surface area contributed by atoms with Crippen LogP contribution in [0.1, 0.15) is 47.0 Å². The molecule has 0 aliphatic carbocycles. The quantitative estimate of drug-likeness (QED) is 0.773. The number of rotatable bonds is 6. The molecule has 3 nitrogen and oxygen atoms in total. The van der Waals surface area contributed by atoms with Crippen LogP contribution in [0.5, 0.6) is 0 Å². The number of nitrogens with one attached hydrogen (secondary N) is 1. The normalized spacial score (nSPS) is 22.9. The lowest BCUT2D eigenvalue weighted by Crippen LogP contribution is -2.45. The summed E-state index contributed by atoms with van der Waals surface area (Å²) in [6, 6.07) is 0. The van der Waals surface area contributed by atoms with E-state index in [1.54, 1.807) is 0 Å². The minimum absolute atomic E-state index is 0.230. The second kappa shape index (κ2) is 7.34. The van der Waals surface area contributed by atoms with Crippen molar-refractivity contribution in [1.29, 1.82) is 0 Å². The molecule has 1 fully saturated rings. The Labute approximate surface area is 107 Å². The van der Waals surface area contributed by atoms with Crippen LogP contribution in [0.2, 0.25) is 0 Å². The molecule has 1 aliphatic heterocycles. The largest absolute Gasteiger partial charge is 0.377 e. The highest BCUT2D eigenvalue weighted by atomic mass is 16.5. The molecule has 1 aliphatic rings. The smallest absolute Gasteiger partial charge is 0.0702 e. The topological polar surface area (TPSA) is 24.5 Å². The molecule has 102 valence electrons. The number of ether oxygens (including phenoxy) is 1. The maximum absolute atomic E-state index is 5.85. The van der Waals surface area contributed by atoms with E-state index in [4.69, 9.17) is 4.74 Å². The van der Waals surface area contributed by atoms with E-state index in [9.17, 15) is 0 Å². The van der Waals surface area contributed by atoms with Gasteiger partial charge in [-0.25, -0.2) is 0 Å². The van der Waals surface area contributed by atoms with Crippen LogP contribution in [-0.4, -0.2) is 49.3 Å². The molecule has 1 atom stereocenters. The standard InChI is InChI=1S/C14H30N2O/c1-5-11-17-13-7-6-9-16(12-13)10-8-15-14(2,3)4/h13,15H,5-12H2,1-4H3. The lowest BCUT2D eigenvalue weighted by molar-refractivity contribution is 0.0000714. The Morgan fingerprint density at radius 3 is 2.76 bits per heavy atom. The van der Waals surface area contributed by atoms with Crippen LogP contribution in [0.15, 0.2) is 0 Å². The van der Waals surface area contributed by atoms with Crippen LogP contribution >= 0.6 is 0 Å². The zero-order valence-corrected chi connectivity index (χ0v) is 12.1. The lowest BCUT2D eigenvalue weighted by Gasteiger charge is -2.33. The van der Waals surface area contributed by atoms with Gasteiger partial charge in [-0.2, -0.15) is 0 Å². The van der Waals surface area contributed by atoms with E-state index >= 15 is 0 Å². The summed E-state index contributed by atoms with van der Waals surface area (Å²) in [5, 5.41) is 3.54. The van der Waals surface area contributed by atoms with Crippen LogP contribution in [0.4, 0.5) is 0 Å². The van der Waals surface area contributed by atoms with Crippen molar-refractivity contribution in [1.82, 2.24) is 10.2 Å². The lowest BCUT2D eigenvalue weighted by atomic mass is 10.1. The van der Waals surface area contributed by atoms with Crippen molar-refractivity contribution < 1.29 is 4.74 Å². The fourth-order valence-corrected chi connectivity index (χ4v) is 2.23. The monoisotopic (exact) mass is 242 g/mol. The van der Waals surface area contributed by atoms with Crippen LogP contribution in [-0.2, 0) is 4.74 Å². The molecular formula is C14H30N2O. The van der Waals surface area contributed by atoms with E-state index in [2.05, 4.69) is 37.9 Å². The Morgan fingerprint density at radius 2 is 2.12 bits per heavy atom. The number of likely N-dealkylation sites (tertiary alicyclic amines) is 1. The molecule has 0 saturated carbocycles. The average Bonchev–Trinajstić information content (AvgIpc) is 2.25. The van der Waals surface area contributed by atoms with Crippen LogP contribution in [0.3, 0.4) is 0 Å². The number of hydrogen-bond acceptors (Lipinski definition) is 3. The molecule has 1 N–H and O–H groups in total. The highest BCUT2D eigenvalue weighted by molar-refractivity contribution is 4.76. The van der Waals surface area contributed by atoms with Crippen LogP contribution < -0.4 is 5.32 Å². The van der Waals surface area contributed by atoms with Crippen molar-refractivity contribution in [3.05, 3.63) is 0 Å². The van der Waals surface area contributed by atoms with E-state index < -0.39 is 0 Å². The summed E-state index contributed by atoms with van der Waals surface area (Å²) in [5.41, 5.74) is 0.230. The van der Waals surface area contributed by atoms with Gasteiger partial charge in [0.25, 0.3) is 0 Å². The second-order valence-corrected chi connectivity index (χ2v) is 6.11. The molecule has 0 amide bonds. The molecule has 0 radical (unpaired) electrons. The van der Waals surface area contributed by atoms with Crippen LogP contribution in [0.25, 0.3) is 0 Å². The van der Waals surface area contributed by atoms with Crippen molar-refractivity contribution >= 4 is 0 Å². The van der Waals surface area contributed by atoms with E-state index in [1.165, 1.54) is 19.4 Å². The average molecular weight is 242 g/mol. The molecule has 0 spiro atoms. The van der Waals surface area contributed by atoms with E-state index in [0.717, 1.165) is 32.7 Å². The predicted octanol–water partition coefficient (Wildman–Crippen LogP) is 2.27. The first-order valence-electron chi connectivity index (χ1n) is 7.10. The van der Waals surface area contributed by atoms with Gasteiger partial charge in [-0.3, -0.25) is 4.90 Å². The highest BCUT2D eigenvalue weighted by Gasteiger charge is 2.20. The van der Waals surface area contributed by atoms with Crippen molar-refractivity contribution in [2.24, 2.45) is 0 Å². The van der Waals surface area contributed by atoms with Gasteiger partial charge in [-0.05, 0) is 46.6 Å². The highest BCUT2D eigenvalue weighted by Crippen LogP contribution is 2.13. The fourth-order valence-electron chi connectivity index (χ4n) is 2.23. The maximum atomic E-state index is 5.85. The van der Waals surface area contributed by atoms with Gasteiger partial charge in [0, 0.05) is 31.8 Å². The number of piperidine rings is 1. The van der Waals surface area contributed by atoms with Gasteiger partial charge < -0.3 is 10.1 Å². The Bertz CT molecular complexity index is 201. The molecule has 1 rings (SSSR count). The molecule has 1 saturated heterocycles. The second-order valence-electron chi connectivity index (χ2n) is 6.11. The zero-order chi connectivity index (χ0) is 12.7. The van der Waals surface area contributed by atoms with Crippen LogP contribution in [0, 0.1) is 0 Å². The summed E-state index contributed by atoms with van der Waals surface area (Å²) in [6.07, 6.45) is 4.12. The first-order valence-corrected chi connectivity index (χ1v) is 7.10. The first kappa shape index (κ1) is 14.9. The number of hydrogen-bond donors (Lipinski definition) is 1. The molecule has 0 aromatic carbocycles. The number of nitrogens with zero attached hydrogens (tertiary/aromatic N) is 1. The minimum atomic E-state index is 0.230. The summed E-state index contributed by atoms with van der Waals surface area (Å²) in [7, 11) is 0. The van der Waals surface area contributed by atoms with Gasteiger partial charge in [0.1, 0.15) is 0 Å². The predicted molar refractivity (Wildman–Crippen MR) is 73.5 cm³/mol. The fraction of sp³-hybridized carbons (Fsp3) is 1.00. The minimum Gasteiger partial charge on any atom is -0.377 e. The van der Waals surface area contributed by atoms with Crippen molar-refractivity contribution in [2.45, 2.75) is 58.6 Å². The summed E-state index contributed by atoms with van der Waals surface area (Å²) >= 11 is 0. The third-order valence-electron chi connectivity index (χ3n) is 3.10. The molecule has 0 aromatic heterocycles. The van der Waals surface area contributed by atoms with Gasteiger partial charge in [-0.1, -0.05) is 6.92 Å². The van der Waals surface area contributed by atoms with Crippen molar-refractivity contribution in [3.8, 4) is 0 Å². The van der Waals surface area contributed by atoms with Gasteiger partial charge in [0.05, 0.1) is 6.10 Å².